The Kier molecular flexibility index (Phi) is 4.47. The first-order valence-corrected chi connectivity index (χ1v) is 7.44. The number of carboxylic acid groups (broad SMARTS) is 1. The molecule has 0 saturated carbocycles. The van der Waals surface area contributed by atoms with E-state index >= 15 is 0 Å². The zero-order valence-electron chi connectivity index (χ0n) is 12.7. The highest BCUT2D eigenvalue weighted by molar-refractivity contribution is 5.86. The predicted octanol–water partition coefficient (Wildman–Crippen LogP) is 2.18. The molecule has 1 aromatic carbocycles. The molecule has 1 aromatic heterocycles. The van der Waals surface area contributed by atoms with Crippen LogP contribution in [0.2, 0.25) is 0 Å². The van der Waals surface area contributed by atoms with Crippen molar-refractivity contribution in [1.29, 1.82) is 0 Å². The van der Waals surface area contributed by atoms with Crippen molar-refractivity contribution in [3.8, 4) is 22.8 Å². The van der Waals surface area contributed by atoms with Gasteiger partial charge >= 0.3 is 5.97 Å². The van der Waals surface area contributed by atoms with E-state index in [9.17, 15) is 4.79 Å². The number of hydrogen-bond donors (Lipinski definition) is 2. The van der Waals surface area contributed by atoms with E-state index in [1.807, 2.05) is 12.1 Å². The number of hydrogen-bond acceptors (Lipinski definition) is 6. The third-order valence-corrected chi connectivity index (χ3v) is 3.73. The minimum atomic E-state index is -1.16. The second kappa shape index (κ2) is 6.70. The highest BCUT2D eigenvalue weighted by atomic mass is 16.5. The van der Waals surface area contributed by atoms with Crippen molar-refractivity contribution in [2.24, 2.45) is 0 Å². The summed E-state index contributed by atoms with van der Waals surface area (Å²) in [4.78, 5) is 10.9. The molecule has 1 atom stereocenters. The van der Waals surface area contributed by atoms with Crippen LogP contribution in [-0.4, -0.2) is 42.5 Å². The molecule has 1 aliphatic heterocycles. The third kappa shape index (κ3) is 3.29. The molecule has 0 amide bonds. The lowest BCUT2D eigenvalue weighted by molar-refractivity contribution is 0.0652. The highest BCUT2D eigenvalue weighted by Gasteiger charge is 2.21. The summed E-state index contributed by atoms with van der Waals surface area (Å²) in [6, 6.07) is 6.80. The molecule has 122 valence electrons. The van der Waals surface area contributed by atoms with Gasteiger partial charge in [0.25, 0.3) is 0 Å². The summed E-state index contributed by atoms with van der Waals surface area (Å²) < 4.78 is 16.3. The fourth-order valence-electron chi connectivity index (χ4n) is 2.62. The number of para-hydroxylation sites is 1. The van der Waals surface area contributed by atoms with Crippen LogP contribution in [0.1, 0.15) is 23.4 Å². The Labute approximate surface area is 133 Å². The van der Waals surface area contributed by atoms with Gasteiger partial charge in [-0.05, 0) is 31.5 Å². The number of nitrogens with zero attached hydrogens (tertiary/aromatic N) is 1. The van der Waals surface area contributed by atoms with Gasteiger partial charge in [0.2, 0.25) is 5.76 Å². The van der Waals surface area contributed by atoms with Gasteiger partial charge in [-0.25, -0.2) is 4.79 Å². The van der Waals surface area contributed by atoms with E-state index in [1.165, 1.54) is 6.07 Å². The molecule has 7 nitrogen and oxygen atoms in total. The second-order valence-electron chi connectivity index (χ2n) is 5.30. The van der Waals surface area contributed by atoms with Gasteiger partial charge in [-0.2, -0.15) is 0 Å². The predicted molar refractivity (Wildman–Crippen MR) is 82.0 cm³/mol. The van der Waals surface area contributed by atoms with Crippen molar-refractivity contribution in [3.05, 3.63) is 30.0 Å². The number of benzene rings is 1. The molecule has 2 N–H and O–H groups in total. The van der Waals surface area contributed by atoms with Crippen LogP contribution in [0.5, 0.6) is 11.5 Å². The maximum atomic E-state index is 10.9. The molecule has 7 heteroatoms. The number of ether oxygens (including phenoxy) is 2. The Hall–Kier alpha value is -2.54. The van der Waals surface area contributed by atoms with E-state index in [0.717, 1.165) is 25.9 Å². The molecule has 0 aliphatic carbocycles. The summed E-state index contributed by atoms with van der Waals surface area (Å²) in [6.45, 7) is 1.80. The monoisotopic (exact) mass is 318 g/mol. The molecule has 2 heterocycles. The smallest absolute Gasteiger partial charge is 0.374 e. The van der Waals surface area contributed by atoms with E-state index < -0.39 is 5.97 Å². The van der Waals surface area contributed by atoms with Crippen molar-refractivity contribution in [1.82, 2.24) is 10.5 Å². The Morgan fingerprint density at radius 3 is 3.00 bits per heavy atom. The van der Waals surface area contributed by atoms with Crippen LogP contribution in [0.3, 0.4) is 0 Å². The first kappa shape index (κ1) is 15.4. The molecule has 23 heavy (non-hydrogen) atoms. The average molecular weight is 318 g/mol. The van der Waals surface area contributed by atoms with Crippen LogP contribution in [0, 0.1) is 0 Å². The molecular formula is C16H18N2O5. The van der Waals surface area contributed by atoms with Gasteiger partial charge in [0, 0.05) is 18.2 Å². The lowest BCUT2D eigenvalue weighted by atomic mass is 10.1. The first-order valence-electron chi connectivity index (χ1n) is 7.44. The number of nitrogens with one attached hydrogen (secondary N) is 1. The van der Waals surface area contributed by atoms with Gasteiger partial charge in [-0.15, -0.1) is 0 Å². The van der Waals surface area contributed by atoms with Crippen molar-refractivity contribution < 1.29 is 23.9 Å². The number of methoxy groups -OCH3 is 1. The molecule has 0 spiro atoms. The topological polar surface area (TPSA) is 93.8 Å². The SMILES string of the molecule is COc1c(OC2CCCNC2)cccc1-c1cc(C(=O)O)on1. The number of piperidine rings is 1. The first-order chi connectivity index (χ1) is 11.2. The van der Waals surface area contributed by atoms with Crippen LogP contribution in [0.15, 0.2) is 28.8 Å². The molecular weight excluding hydrogens is 300 g/mol. The Balaban J connectivity index is 1.90. The molecule has 1 fully saturated rings. The van der Waals surface area contributed by atoms with Gasteiger partial charge in [0.1, 0.15) is 11.8 Å². The Morgan fingerprint density at radius 2 is 2.35 bits per heavy atom. The second-order valence-corrected chi connectivity index (χ2v) is 5.30. The van der Waals surface area contributed by atoms with Crippen LogP contribution in [-0.2, 0) is 0 Å². The lowest BCUT2D eigenvalue weighted by Gasteiger charge is -2.25. The average Bonchev–Trinajstić information content (AvgIpc) is 3.06. The highest BCUT2D eigenvalue weighted by Crippen LogP contribution is 2.38. The minimum absolute atomic E-state index is 0.0831. The minimum Gasteiger partial charge on any atom is -0.492 e. The van der Waals surface area contributed by atoms with Gasteiger partial charge in [0.05, 0.1) is 7.11 Å². The quantitative estimate of drug-likeness (QED) is 0.872. The van der Waals surface area contributed by atoms with Crippen molar-refractivity contribution in [2.75, 3.05) is 20.2 Å². The van der Waals surface area contributed by atoms with E-state index in [1.54, 1.807) is 13.2 Å². The lowest BCUT2D eigenvalue weighted by Crippen LogP contribution is -2.37. The largest absolute Gasteiger partial charge is 0.492 e. The molecule has 2 aromatic rings. The van der Waals surface area contributed by atoms with Crippen molar-refractivity contribution in [2.45, 2.75) is 18.9 Å². The molecule has 1 unspecified atom stereocenters. The number of rotatable bonds is 5. The van der Waals surface area contributed by atoms with Gasteiger partial charge in [-0.1, -0.05) is 11.2 Å². The molecule has 3 rings (SSSR count). The maximum Gasteiger partial charge on any atom is 0.374 e. The standard InChI is InChI=1S/C16H18N2O5/c1-21-15-11(12-8-14(16(19)20)23-18-12)5-2-6-13(15)22-10-4-3-7-17-9-10/h2,5-6,8,10,17H,3-4,7,9H2,1H3,(H,19,20). The number of aromatic nitrogens is 1. The van der Waals surface area contributed by atoms with E-state index in [4.69, 9.17) is 19.1 Å². The number of carboxylic acids is 1. The normalized spacial score (nSPS) is 17.7. The van der Waals surface area contributed by atoms with Crippen LogP contribution < -0.4 is 14.8 Å². The van der Waals surface area contributed by atoms with E-state index in [2.05, 4.69) is 10.5 Å². The van der Waals surface area contributed by atoms with Gasteiger partial charge in [0.15, 0.2) is 11.5 Å². The molecule has 0 radical (unpaired) electrons. The zero-order chi connectivity index (χ0) is 16.2. The summed E-state index contributed by atoms with van der Waals surface area (Å²) in [7, 11) is 1.54. The Bertz CT molecular complexity index is 692. The van der Waals surface area contributed by atoms with Crippen LogP contribution in [0.25, 0.3) is 11.3 Å². The summed E-state index contributed by atoms with van der Waals surface area (Å²) in [6.07, 6.45) is 2.13. The molecule has 0 bridgehead atoms. The third-order valence-electron chi connectivity index (χ3n) is 3.73. The summed E-state index contributed by atoms with van der Waals surface area (Å²) in [5.41, 5.74) is 1.02. The van der Waals surface area contributed by atoms with Crippen molar-refractivity contribution in [3.63, 3.8) is 0 Å². The van der Waals surface area contributed by atoms with Crippen LogP contribution in [0.4, 0.5) is 0 Å². The van der Waals surface area contributed by atoms with Gasteiger partial charge < -0.3 is 24.4 Å². The zero-order valence-corrected chi connectivity index (χ0v) is 12.7. The fraction of sp³-hybridized carbons (Fsp3) is 0.375. The van der Waals surface area contributed by atoms with E-state index in [-0.39, 0.29) is 11.9 Å². The van der Waals surface area contributed by atoms with Crippen LogP contribution >= 0.6 is 0 Å². The molecule has 1 aliphatic rings. The Morgan fingerprint density at radius 1 is 1.48 bits per heavy atom. The molecule has 1 saturated heterocycles. The van der Waals surface area contributed by atoms with Crippen molar-refractivity contribution >= 4 is 5.97 Å². The summed E-state index contributed by atoms with van der Waals surface area (Å²) >= 11 is 0. The maximum absolute atomic E-state index is 10.9. The summed E-state index contributed by atoms with van der Waals surface area (Å²) in [5.74, 6) is -0.254. The van der Waals surface area contributed by atoms with Gasteiger partial charge in [-0.3, -0.25) is 0 Å². The van der Waals surface area contributed by atoms with E-state index in [0.29, 0.717) is 22.8 Å². The number of aromatic carboxylic acids is 1. The summed E-state index contributed by atoms with van der Waals surface area (Å²) in [5, 5.41) is 16.0. The fourth-order valence-corrected chi connectivity index (χ4v) is 2.62. The number of carbonyl (C=O) groups is 1.